The molecule has 0 saturated carbocycles. The normalized spacial score (nSPS) is 12.8. The summed E-state index contributed by atoms with van der Waals surface area (Å²) in [5, 5.41) is 8.40. The molecule has 2 heterocycles. The van der Waals surface area contributed by atoms with E-state index < -0.39 is 0 Å². The van der Waals surface area contributed by atoms with Gasteiger partial charge in [0.2, 0.25) is 11.8 Å². The second-order valence-electron chi connectivity index (χ2n) is 3.93. The van der Waals surface area contributed by atoms with Crippen molar-refractivity contribution in [3.63, 3.8) is 0 Å². The Bertz CT molecular complexity index is 606. The van der Waals surface area contributed by atoms with E-state index in [0.29, 0.717) is 11.7 Å². The van der Waals surface area contributed by atoms with Crippen LogP contribution in [0.2, 0.25) is 0 Å². The van der Waals surface area contributed by atoms with E-state index in [0.717, 1.165) is 9.35 Å². The molecule has 1 atom stereocenters. The molecule has 5 nitrogen and oxygen atoms in total. The number of nitrogens with one attached hydrogen (secondary N) is 1. The first-order valence-corrected chi connectivity index (χ1v) is 7.24. The molecule has 0 bridgehead atoms. The molecule has 1 amide bonds. The molecule has 2 aromatic heterocycles. The van der Waals surface area contributed by atoms with Crippen LogP contribution in [-0.4, -0.2) is 16.0 Å². The monoisotopic (exact) mass is 341 g/mol. The highest BCUT2D eigenvalue weighted by atomic mass is 79.9. The molecule has 19 heavy (non-hydrogen) atoms. The fourth-order valence-corrected chi connectivity index (χ4v) is 2.54. The number of rotatable bonds is 4. The molecule has 1 unspecified atom stereocenters. The van der Waals surface area contributed by atoms with Crippen LogP contribution in [-0.2, 0) is 4.79 Å². The van der Waals surface area contributed by atoms with Crippen LogP contribution in [0, 0.1) is 6.92 Å². The number of hydrogen-bond donors (Lipinski definition) is 1. The number of nitrogens with zero attached hydrogens (tertiary/aromatic N) is 2. The molecule has 7 heteroatoms. The Kier molecular flexibility index (Phi) is 4.49. The van der Waals surface area contributed by atoms with E-state index in [1.54, 1.807) is 31.3 Å². The van der Waals surface area contributed by atoms with Crippen LogP contribution < -0.4 is 5.32 Å². The minimum Gasteiger partial charge on any atom is -0.341 e. The molecule has 0 radical (unpaired) electrons. The van der Waals surface area contributed by atoms with E-state index in [2.05, 4.69) is 31.4 Å². The van der Waals surface area contributed by atoms with E-state index >= 15 is 0 Å². The van der Waals surface area contributed by atoms with Crippen LogP contribution in [0.1, 0.15) is 30.2 Å². The van der Waals surface area contributed by atoms with Crippen LogP contribution in [0.25, 0.3) is 6.08 Å². The summed E-state index contributed by atoms with van der Waals surface area (Å²) in [6.07, 6.45) is 3.23. The van der Waals surface area contributed by atoms with Gasteiger partial charge in [-0.05, 0) is 52.9 Å². The molecule has 0 fully saturated rings. The van der Waals surface area contributed by atoms with Gasteiger partial charge in [-0.15, -0.1) is 11.3 Å². The quantitative estimate of drug-likeness (QED) is 0.867. The first kappa shape index (κ1) is 14.0. The summed E-state index contributed by atoms with van der Waals surface area (Å²) >= 11 is 4.94. The molecule has 0 spiro atoms. The van der Waals surface area contributed by atoms with Crippen LogP contribution in [0.5, 0.6) is 0 Å². The number of carbonyl (C=O) groups excluding carboxylic acids is 1. The van der Waals surface area contributed by atoms with E-state index in [-0.39, 0.29) is 11.9 Å². The topological polar surface area (TPSA) is 68.0 Å². The number of carbonyl (C=O) groups is 1. The number of aromatic nitrogens is 2. The van der Waals surface area contributed by atoms with Crippen molar-refractivity contribution in [2.24, 2.45) is 0 Å². The van der Waals surface area contributed by atoms with Crippen LogP contribution in [0.3, 0.4) is 0 Å². The van der Waals surface area contributed by atoms with Crippen molar-refractivity contribution in [3.05, 3.63) is 38.6 Å². The van der Waals surface area contributed by atoms with Crippen LogP contribution in [0.15, 0.2) is 25.8 Å². The van der Waals surface area contributed by atoms with Gasteiger partial charge in [-0.3, -0.25) is 4.79 Å². The molecular weight excluding hydrogens is 330 g/mol. The molecule has 0 saturated heterocycles. The summed E-state index contributed by atoms with van der Waals surface area (Å²) in [5.74, 6) is 0.748. The summed E-state index contributed by atoms with van der Waals surface area (Å²) in [7, 11) is 0. The first-order valence-electron chi connectivity index (χ1n) is 5.57. The van der Waals surface area contributed by atoms with E-state index in [1.807, 2.05) is 11.4 Å². The average molecular weight is 342 g/mol. The Morgan fingerprint density at radius 2 is 2.42 bits per heavy atom. The van der Waals surface area contributed by atoms with E-state index in [9.17, 15) is 4.79 Å². The second-order valence-corrected chi connectivity index (χ2v) is 6.22. The van der Waals surface area contributed by atoms with Gasteiger partial charge in [-0.25, -0.2) is 0 Å². The van der Waals surface area contributed by atoms with Gasteiger partial charge in [0, 0.05) is 6.08 Å². The summed E-state index contributed by atoms with van der Waals surface area (Å²) < 4.78 is 6.02. The molecule has 0 aliphatic carbocycles. The third-order valence-corrected chi connectivity index (χ3v) is 3.81. The lowest BCUT2D eigenvalue weighted by atomic mass is 10.3. The third-order valence-electron chi connectivity index (χ3n) is 2.29. The van der Waals surface area contributed by atoms with Crippen molar-refractivity contribution >= 4 is 39.2 Å². The Morgan fingerprint density at radius 3 is 3.00 bits per heavy atom. The lowest BCUT2D eigenvalue weighted by Gasteiger charge is -2.06. The fourth-order valence-electron chi connectivity index (χ4n) is 1.39. The highest BCUT2D eigenvalue weighted by Gasteiger charge is 2.13. The van der Waals surface area contributed by atoms with Gasteiger partial charge in [-0.2, -0.15) is 4.98 Å². The summed E-state index contributed by atoms with van der Waals surface area (Å²) in [6.45, 7) is 3.52. The SMILES string of the molecule is Cc1noc(C(C)NC(=O)C=Cc2csc(Br)c2)n1. The summed E-state index contributed by atoms with van der Waals surface area (Å²) in [5.41, 5.74) is 0.980. The smallest absolute Gasteiger partial charge is 0.248 e. The van der Waals surface area contributed by atoms with Crippen LogP contribution in [0.4, 0.5) is 0 Å². The largest absolute Gasteiger partial charge is 0.341 e. The predicted molar refractivity (Wildman–Crippen MR) is 76.6 cm³/mol. The van der Waals surface area contributed by atoms with Crippen molar-refractivity contribution in [1.82, 2.24) is 15.5 Å². The van der Waals surface area contributed by atoms with Crippen molar-refractivity contribution in [2.45, 2.75) is 19.9 Å². The van der Waals surface area contributed by atoms with Crippen molar-refractivity contribution in [3.8, 4) is 0 Å². The molecule has 0 aliphatic rings. The van der Waals surface area contributed by atoms with Crippen LogP contribution >= 0.6 is 27.3 Å². The Hall–Kier alpha value is -1.47. The van der Waals surface area contributed by atoms with Crippen molar-refractivity contribution in [2.75, 3.05) is 0 Å². The maximum absolute atomic E-state index is 11.7. The van der Waals surface area contributed by atoms with Gasteiger partial charge in [0.25, 0.3) is 0 Å². The molecule has 1 N–H and O–H groups in total. The average Bonchev–Trinajstić information content (AvgIpc) is 2.95. The van der Waals surface area contributed by atoms with Gasteiger partial charge in [-0.1, -0.05) is 5.16 Å². The van der Waals surface area contributed by atoms with E-state index in [1.165, 1.54) is 6.08 Å². The zero-order valence-corrected chi connectivity index (χ0v) is 12.8. The molecule has 100 valence electrons. The number of aryl methyl sites for hydroxylation is 1. The highest BCUT2D eigenvalue weighted by Crippen LogP contribution is 2.21. The molecule has 2 rings (SSSR count). The van der Waals surface area contributed by atoms with Gasteiger partial charge in [0.15, 0.2) is 5.82 Å². The number of halogens is 1. The number of amides is 1. The lowest BCUT2D eigenvalue weighted by Crippen LogP contribution is -2.24. The molecular formula is C12H12BrN3O2S. The minimum atomic E-state index is -0.312. The van der Waals surface area contributed by atoms with Gasteiger partial charge in [0.05, 0.1) is 3.79 Å². The van der Waals surface area contributed by atoms with Gasteiger partial charge in [0.1, 0.15) is 6.04 Å². The van der Waals surface area contributed by atoms with E-state index in [4.69, 9.17) is 4.52 Å². The third kappa shape index (κ3) is 4.00. The Balaban J connectivity index is 1.92. The Morgan fingerprint density at radius 1 is 1.63 bits per heavy atom. The fraction of sp³-hybridized carbons (Fsp3) is 0.250. The summed E-state index contributed by atoms with van der Waals surface area (Å²) in [6, 6.07) is 1.63. The van der Waals surface area contributed by atoms with Gasteiger partial charge >= 0.3 is 0 Å². The van der Waals surface area contributed by atoms with Gasteiger partial charge < -0.3 is 9.84 Å². The standard InChI is InChI=1S/C12H12BrN3O2S/c1-7(12-15-8(2)16-18-12)14-11(17)4-3-9-5-10(13)19-6-9/h3-7H,1-2H3,(H,14,17). The molecule has 2 aromatic rings. The Labute approximate surface area is 122 Å². The summed E-state index contributed by atoms with van der Waals surface area (Å²) in [4.78, 5) is 15.8. The highest BCUT2D eigenvalue weighted by molar-refractivity contribution is 9.11. The zero-order chi connectivity index (χ0) is 13.8. The van der Waals surface area contributed by atoms with Crippen molar-refractivity contribution in [1.29, 1.82) is 0 Å². The number of hydrogen-bond acceptors (Lipinski definition) is 5. The first-order chi connectivity index (χ1) is 9.04. The molecule has 0 aliphatic heterocycles. The van der Waals surface area contributed by atoms with Crippen molar-refractivity contribution < 1.29 is 9.32 Å². The second kappa shape index (κ2) is 6.12. The molecule has 0 aromatic carbocycles. The maximum atomic E-state index is 11.7. The zero-order valence-electron chi connectivity index (χ0n) is 10.4. The minimum absolute atomic E-state index is 0.203. The predicted octanol–water partition coefficient (Wildman–Crippen LogP) is 3.09. The lowest BCUT2D eigenvalue weighted by molar-refractivity contribution is -0.117. The number of thiophene rings is 1. The maximum Gasteiger partial charge on any atom is 0.248 e.